The van der Waals surface area contributed by atoms with Crippen LogP contribution in [0.25, 0.3) is 11.1 Å². The average Bonchev–Trinajstić information content (AvgIpc) is 3.49. The molecular formula is C44H49NO9. The lowest BCUT2D eigenvalue weighted by Crippen LogP contribution is -2.62. The summed E-state index contributed by atoms with van der Waals surface area (Å²) in [5, 5.41) is 11.3. The summed E-state index contributed by atoms with van der Waals surface area (Å²) in [5.74, 6) is -0.947. The van der Waals surface area contributed by atoms with Crippen LogP contribution in [0, 0.1) is 0 Å². The molecule has 1 saturated heterocycles. The smallest absolute Gasteiger partial charge is 0.410 e. The molecule has 0 spiro atoms. The number of benzene rings is 4. The molecule has 0 saturated carbocycles. The van der Waals surface area contributed by atoms with E-state index in [4.69, 9.17) is 23.7 Å². The molecule has 10 nitrogen and oxygen atoms in total. The SMILES string of the molecule is COc1ccc(CC[C@H](c2cccc(OCC(=O)OC(C)(C)C)c2)[C@]2(C(=O)O)CCCCN2C(=O)OCC2c3ccccc3-c3ccccc32)cc1OC. The Labute approximate surface area is 316 Å². The molecule has 1 fully saturated rings. The van der Waals surface area contributed by atoms with Gasteiger partial charge in [0, 0.05) is 18.4 Å². The molecule has 2 aliphatic rings. The zero-order valence-electron chi connectivity index (χ0n) is 31.6. The van der Waals surface area contributed by atoms with Crippen LogP contribution in [0.1, 0.15) is 80.5 Å². The number of methoxy groups -OCH3 is 2. The highest BCUT2D eigenvalue weighted by molar-refractivity contribution is 5.86. The first-order valence-electron chi connectivity index (χ1n) is 18.5. The monoisotopic (exact) mass is 735 g/mol. The molecule has 0 bridgehead atoms. The molecule has 1 amide bonds. The van der Waals surface area contributed by atoms with E-state index in [0.29, 0.717) is 48.5 Å². The summed E-state index contributed by atoms with van der Waals surface area (Å²) in [5.41, 5.74) is 3.64. The molecule has 1 aliphatic heterocycles. The van der Waals surface area contributed by atoms with Gasteiger partial charge in [-0.15, -0.1) is 0 Å². The maximum absolute atomic E-state index is 14.4. The second kappa shape index (κ2) is 16.2. The molecule has 4 aromatic rings. The third kappa shape index (κ3) is 8.02. The topological polar surface area (TPSA) is 121 Å². The largest absolute Gasteiger partial charge is 0.493 e. The molecule has 1 N–H and O–H groups in total. The van der Waals surface area contributed by atoms with E-state index in [2.05, 4.69) is 24.3 Å². The van der Waals surface area contributed by atoms with Gasteiger partial charge in [-0.2, -0.15) is 0 Å². The van der Waals surface area contributed by atoms with Crippen molar-refractivity contribution in [1.29, 1.82) is 0 Å². The molecule has 0 unspecified atom stereocenters. The first-order valence-corrected chi connectivity index (χ1v) is 18.5. The van der Waals surface area contributed by atoms with Crippen molar-refractivity contribution in [2.75, 3.05) is 34.0 Å². The van der Waals surface area contributed by atoms with Crippen molar-refractivity contribution >= 4 is 18.0 Å². The number of likely N-dealkylation sites (tertiary alicyclic amines) is 1. The zero-order chi connectivity index (χ0) is 38.5. The van der Waals surface area contributed by atoms with Crippen LogP contribution in [-0.4, -0.2) is 73.2 Å². The Morgan fingerprint density at radius 2 is 1.54 bits per heavy atom. The number of amides is 1. The van der Waals surface area contributed by atoms with Crippen molar-refractivity contribution in [3.8, 4) is 28.4 Å². The molecular weight excluding hydrogens is 686 g/mol. The minimum atomic E-state index is -1.64. The van der Waals surface area contributed by atoms with Crippen LogP contribution in [0.2, 0.25) is 0 Å². The van der Waals surface area contributed by atoms with Crippen molar-refractivity contribution < 1.29 is 43.2 Å². The number of nitrogens with zero attached hydrogens (tertiary/aromatic N) is 1. The summed E-state index contributed by atoms with van der Waals surface area (Å²) < 4.78 is 28.4. The molecule has 284 valence electrons. The average molecular weight is 736 g/mol. The van der Waals surface area contributed by atoms with Crippen LogP contribution >= 0.6 is 0 Å². The number of carboxylic acid groups (broad SMARTS) is 1. The number of ether oxygens (including phenoxy) is 5. The van der Waals surface area contributed by atoms with Gasteiger partial charge in [0.1, 0.15) is 18.0 Å². The zero-order valence-corrected chi connectivity index (χ0v) is 31.6. The van der Waals surface area contributed by atoms with Gasteiger partial charge in [-0.25, -0.2) is 14.4 Å². The van der Waals surface area contributed by atoms with Gasteiger partial charge in [-0.3, -0.25) is 4.90 Å². The number of aryl methyl sites for hydroxylation is 1. The van der Waals surface area contributed by atoms with Gasteiger partial charge in [0.2, 0.25) is 0 Å². The van der Waals surface area contributed by atoms with Crippen LogP contribution in [-0.2, 0) is 25.5 Å². The third-order valence-electron chi connectivity index (χ3n) is 10.4. The lowest BCUT2D eigenvalue weighted by molar-refractivity contribution is -0.157. The fraction of sp³-hybridized carbons (Fsp3) is 0.386. The van der Waals surface area contributed by atoms with Crippen molar-refractivity contribution in [3.63, 3.8) is 0 Å². The Kier molecular flexibility index (Phi) is 11.5. The van der Waals surface area contributed by atoms with Crippen LogP contribution in [0.15, 0.2) is 91.0 Å². The Balaban J connectivity index is 1.33. The molecule has 10 heteroatoms. The van der Waals surface area contributed by atoms with Crippen molar-refractivity contribution in [3.05, 3.63) is 113 Å². The molecule has 1 aliphatic carbocycles. The lowest BCUT2D eigenvalue weighted by atomic mass is 9.70. The molecule has 2 atom stereocenters. The Bertz CT molecular complexity index is 1940. The van der Waals surface area contributed by atoms with Gasteiger partial charge >= 0.3 is 18.0 Å². The summed E-state index contributed by atoms with van der Waals surface area (Å²) in [4.78, 5) is 42.1. The number of rotatable bonds is 13. The second-order valence-corrected chi connectivity index (χ2v) is 14.9. The van der Waals surface area contributed by atoms with Gasteiger partial charge < -0.3 is 28.8 Å². The number of fused-ring (bicyclic) bond motifs is 3. The molecule has 0 radical (unpaired) electrons. The molecule has 0 aromatic heterocycles. The normalized spacial score (nSPS) is 17.2. The number of carboxylic acids is 1. The maximum atomic E-state index is 14.4. The Morgan fingerprint density at radius 3 is 2.19 bits per heavy atom. The first kappa shape index (κ1) is 38.2. The van der Waals surface area contributed by atoms with E-state index in [9.17, 15) is 19.5 Å². The summed E-state index contributed by atoms with van der Waals surface area (Å²) >= 11 is 0. The summed E-state index contributed by atoms with van der Waals surface area (Å²) in [6, 6.07) is 29.0. The number of piperidine rings is 1. The lowest BCUT2D eigenvalue weighted by Gasteiger charge is -2.48. The fourth-order valence-electron chi connectivity index (χ4n) is 8.02. The molecule has 6 rings (SSSR count). The van der Waals surface area contributed by atoms with E-state index >= 15 is 0 Å². The van der Waals surface area contributed by atoms with Crippen LogP contribution in [0.5, 0.6) is 17.2 Å². The minimum absolute atomic E-state index is 0.0728. The van der Waals surface area contributed by atoms with Crippen molar-refractivity contribution in [1.82, 2.24) is 4.90 Å². The standard InChI is InChI=1S/C44H49NO9/c1-43(2,3)54-40(46)28-52-31-14-12-13-30(26-31)37(21-19-29-20-22-38(50-4)39(25-29)51-5)44(41(47)48)23-10-11-24-45(44)42(49)53-27-36-34-17-8-6-15-32(34)33-16-7-9-18-35(33)36/h6-9,12-18,20,22,25-26,36-37H,10-11,19,21,23-24,27-28H2,1-5H3,(H,47,48)/t37-,44+/m1/s1. The number of esters is 1. The number of hydrogen-bond acceptors (Lipinski definition) is 8. The van der Waals surface area contributed by atoms with E-state index in [0.717, 1.165) is 27.8 Å². The second-order valence-electron chi connectivity index (χ2n) is 14.9. The number of aliphatic carboxylic acids is 1. The van der Waals surface area contributed by atoms with Gasteiger partial charge in [0.15, 0.2) is 23.6 Å². The van der Waals surface area contributed by atoms with Gasteiger partial charge in [0.05, 0.1) is 14.2 Å². The van der Waals surface area contributed by atoms with E-state index in [1.807, 2.05) is 48.5 Å². The summed E-state index contributed by atoms with van der Waals surface area (Å²) in [6.07, 6.45) is 1.66. The van der Waals surface area contributed by atoms with Crippen molar-refractivity contribution in [2.24, 2.45) is 0 Å². The van der Waals surface area contributed by atoms with Gasteiger partial charge in [0.25, 0.3) is 0 Å². The molecule has 54 heavy (non-hydrogen) atoms. The predicted molar refractivity (Wildman–Crippen MR) is 204 cm³/mol. The van der Waals surface area contributed by atoms with Crippen LogP contribution < -0.4 is 14.2 Å². The highest BCUT2D eigenvalue weighted by atomic mass is 16.6. The van der Waals surface area contributed by atoms with Gasteiger partial charge in [-0.05, 0) is 111 Å². The number of carbonyl (C=O) groups excluding carboxylic acids is 2. The Hall–Kier alpha value is -5.51. The van der Waals surface area contributed by atoms with E-state index in [-0.39, 0.29) is 32.1 Å². The minimum Gasteiger partial charge on any atom is -0.493 e. The van der Waals surface area contributed by atoms with E-state index in [1.54, 1.807) is 53.2 Å². The molecule has 4 aromatic carbocycles. The van der Waals surface area contributed by atoms with E-state index < -0.39 is 35.1 Å². The molecule has 1 heterocycles. The summed E-state index contributed by atoms with van der Waals surface area (Å²) in [7, 11) is 3.14. The van der Waals surface area contributed by atoms with E-state index in [1.165, 1.54) is 4.90 Å². The Morgan fingerprint density at radius 1 is 0.852 bits per heavy atom. The quantitative estimate of drug-likeness (QED) is 0.135. The summed E-state index contributed by atoms with van der Waals surface area (Å²) in [6.45, 7) is 5.34. The predicted octanol–water partition coefficient (Wildman–Crippen LogP) is 8.40. The first-order chi connectivity index (χ1) is 25.9. The maximum Gasteiger partial charge on any atom is 0.410 e. The number of carbonyl (C=O) groups is 3. The number of hydrogen-bond donors (Lipinski definition) is 1. The fourth-order valence-corrected chi connectivity index (χ4v) is 8.02. The third-order valence-corrected chi connectivity index (χ3v) is 10.4. The van der Waals surface area contributed by atoms with Crippen molar-refractivity contribution in [2.45, 2.75) is 75.9 Å². The van der Waals surface area contributed by atoms with Crippen LogP contribution in [0.4, 0.5) is 4.79 Å². The van der Waals surface area contributed by atoms with Crippen LogP contribution in [0.3, 0.4) is 0 Å². The highest BCUT2D eigenvalue weighted by Gasteiger charge is 2.54. The highest BCUT2D eigenvalue weighted by Crippen LogP contribution is 2.47. The van der Waals surface area contributed by atoms with Gasteiger partial charge in [-0.1, -0.05) is 66.7 Å².